The normalized spacial score (nSPS) is 14.0. The van der Waals surface area contributed by atoms with Crippen LogP contribution in [0.4, 0.5) is 0 Å². The van der Waals surface area contributed by atoms with Crippen LogP contribution in [0.2, 0.25) is 0 Å². The van der Waals surface area contributed by atoms with Crippen molar-refractivity contribution in [3.8, 4) is 0 Å². The van der Waals surface area contributed by atoms with E-state index in [2.05, 4.69) is 5.10 Å². The number of allylic oxidation sites excluding steroid dienone is 2. The lowest BCUT2D eigenvalue weighted by Crippen LogP contribution is -2.29. The van der Waals surface area contributed by atoms with E-state index in [1.54, 1.807) is 13.0 Å². The molecular weight excluding hydrogens is 182 g/mol. The number of nitrogens with two attached hydrogens (primary N) is 2. The summed E-state index contributed by atoms with van der Waals surface area (Å²) in [6.45, 7) is 7.63. The Morgan fingerprint density at radius 1 is 1.43 bits per heavy atom. The summed E-state index contributed by atoms with van der Waals surface area (Å²) >= 11 is 0. The van der Waals surface area contributed by atoms with Gasteiger partial charge in [-0.25, -0.2) is 0 Å². The second-order valence-corrected chi connectivity index (χ2v) is 3.80. The summed E-state index contributed by atoms with van der Waals surface area (Å²) in [4.78, 5) is 10.8. The summed E-state index contributed by atoms with van der Waals surface area (Å²) in [5, 5.41) is 3.17. The minimum atomic E-state index is -0.781. The average Bonchev–Trinajstić information content (AvgIpc) is 2.03. The number of carbonyl (C=O) groups is 1. The van der Waals surface area contributed by atoms with Gasteiger partial charge in [-0.05, 0) is 13.0 Å². The average molecular weight is 199 g/mol. The highest BCUT2D eigenvalue weighted by molar-refractivity contribution is 6.34. The first-order chi connectivity index (χ1) is 6.32. The third kappa shape index (κ3) is 3.47. The van der Waals surface area contributed by atoms with Gasteiger partial charge in [0.05, 0.1) is 0 Å². The van der Waals surface area contributed by atoms with E-state index >= 15 is 0 Å². The first-order valence-electron chi connectivity index (χ1n) is 4.25. The van der Waals surface area contributed by atoms with Gasteiger partial charge in [-0.3, -0.25) is 4.79 Å². The zero-order valence-electron chi connectivity index (χ0n) is 9.00. The van der Waals surface area contributed by atoms with Gasteiger partial charge < -0.3 is 16.3 Å². The molecule has 4 N–H and O–H groups in total. The molecular formula is C9H17N3O2. The van der Waals surface area contributed by atoms with Crippen LogP contribution in [0.3, 0.4) is 0 Å². The van der Waals surface area contributed by atoms with Crippen molar-refractivity contribution in [1.82, 2.24) is 0 Å². The van der Waals surface area contributed by atoms with Crippen molar-refractivity contribution in [1.29, 1.82) is 0 Å². The molecule has 0 saturated carbocycles. The third-order valence-corrected chi connectivity index (χ3v) is 1.54. The van der Waals surface area contributed by atoms with E-state index in [9.17, 15) is 4.79 Å². The Morgan fingerprint density at radius 2 is 1.93 bits per heavy atom. The molecule has 0 bridgehead atoms. The van der Waals surface area contributed by atoms with Crippen LogP contribution in [0, 0.1) is 5.41 Å². The molecule has 0 aromatic heterocycles. The monoisotopic (exact) mass is 199 g/mol. The number of primary amides is 1. The molecule has 0 spiro atoms. The lowest BCUT2D eigenvalue weighted by Gasteiger charge is -2.22. The van der Waals surface area contributed by atoms with E-state index in [1.165, 1.54) is 0 Å². The Bertz CT molecular complexity index is 274. The van der Waals surface area contributed by atoms with Crippen LogP contribution >= 0.6 is 0 Å². The van der Waals surface area contributed by atoms with Gasteiger partial charge >= 0.3 is 11.8 Å². The SMILES string of the molecule is C/C=C(\O/C(=N\N)C(N)=O)C(C)(C)C. The first kappa shape index (κ1) is 12.5. The number of amides is 1. The topological polar surface area (TPSA) is 90.7 Å². The molecule has 0 radical (unpaired) electrons. The van der Waals surface area contributed by atoms with Crippen LogP contribution in [-0.4, -0.2) is 11.8 Å². The number of ether oxygens (including phenoxy) is 1. The van der Waals surface area contributed by atoms with Crippen molar-refractivity contribution in [2.45, 2.75) is 27.7 Å². The van der Waals surface area contributed by atoms with Crippen molar-refractivity contribution >= 4 is 11.8 Å². The minimum Gasteiger partial charge on any atom is -0.438 e. The Morgan fingerprint density at radius 3 is 2.14 bits per heavy atom. The lowest BCUT2D eigenvalue weighted by molar-refractivity contribution is -0.113. The Labute approximate surface area is 83.8 Å². The van der Waals surface area contributed by atoms with Gasteiger partial charge in [0.25, 0.3) is 0 Å². The number of hydrazone groups is 1. The number of hydrogen-bond donors (Lipinski definition) is 2. The zero-order valence-corrected chi connectivity index (χ0v) is 9.00. The molecule has 0 unspecified atom stereocenters. The molecule has 0 aromatic rings. The largest absolute Gasteiger partial charge is 0.438 e. The predicted octanol–water partition coefficient (Wildman–Crippen LogP) is 0.710. The summed E-state index contributed by atoms with van der Waals surface area (Å²) in [6.07, 6.45) is 1.74. The molecule has 5 nitrogen and oxygen atoms in total. The standard InChI is InChI=1S/C9H17N3O2/c1-5-6(9(2,3)4)14-8(12-11)7(10)13/h5H,11H2,1-4H3,(H2,10,13)/b6-5-,12-8-. The minimum absolute atomic E-state index is 0.222. The molecule has 1 amide bonds. The van der Waals surface area contributed by atoms with Crippen LogP contribution in [0.25, 0.3) is 0 Å². The van der Waals surface area contributed by atoms with Crippen LogP contribution in [0.1, 0.15) is 27.7 Å². The predicted molar refractivity (Wildman–Crippen MR) is 55.1 cm³/mol. The summed E-state index contributed by atoms with van der Waals surface area (Å²) in [5.41, 5.74) is 4.77. The molecule has 80 valence electrons. The molecule has 0 atom stereocenters. The highest BCUT2D eigenvalue weighted by atomic mass is 16.5. The van der Waals surface area contributed by atoms with Gasteiger partial charge in [0.15, 0.2) is 0 Å². The lowest BCUT2D eigenvalue weighted by atomic mass is 9.93. The van der Waals surface area contributed by atoms with Crippen molar-refractivity contribution in [3.63, 3.8) is 0 Å². The van der Waals surface area contributed by atoms with Crippen LogP contribution in [0.15, 0.2) is 16.9 Å². The smallest absolute Gasteiger partial charge is 0.306 e. The molecule has 0 heterocycles. The van der Waals surface area contributed by atoms with Crippen molar-refractivity contribution in [2.24, 2.45) is 22.1 Å². The maximum absolute atomic E-state index is 10.8. The van der Waals surface area contributed by atoms with Gasteiger partial charge in [0, 0.05) is 5.41 Å². The van der Waals surface area contributed by atoms with Crippen molar-refractivity contribution in [2.75, 3.05) is 0 Å². The van der Waals surface area contributed by atoms with Crippen LogP contribution < -0.4 is 11.6 Å². The first-order valence-corrected chi connectivity index (χ1v) is 4.25. The van der Waals surface area contributed by atoms with Gasteiger partial charge in [-0.2, -0.15) is 0 Å². The molecule has 5 heteroatoms. The van der Waals surface area contributed by atoms with E-state index in [0.29, 0.717) is 5.76 Å². The number of hydrogen-bond acceptors (Lipinski definition) is 4. The van der Waals surface area contributed by atoms with E-state index in [0.717, 1.165) is 0 Å². The number of nitrogens with zero attached hydrogens (tertiary/aromatic N) is 1. The highest BCUT2D eigenvalue weighted by Gasteiger charge is 2.21. The molecule has 0 aliphatic rings. The maximum Gasteiger partial charge on any atom is 0.306 e. The summed E-state index contributed by atoms with van der Waals surface area (Å²) < 4.78 is 5.19. The molecule has 0 saturated heterocycles. The molecule has 14 heavy (non-hydrogen) atoms. The second-order valence-electron chi connectivity index (χ2n) is 3.80. The number of carbonyl (C=O) groups excluding carboxylic acids is 1. The second kappa shape index (κ2) is 4.64. The van der Waals surface area contributed by atoms with Gasteiger partial charge in [0.1, 0.15) is 5.76 Å². The molecule has 0 fully saturated rings. The Balaban J connectivity index is 4.74. The fraction of sp³-hybridized carbons (Fsp3) is 0.556. The Kier molecular flexibility index (Phi) is 4.14. The third-order valence-electron chi connectivity index (χ3n) is 1.54. The van der Waals surface area contributed by atoms with Gasteiger partial charge in [0.2, 0.25) is 0 Å². The van der Waals surface area contributed by atoms with Crippen LogP contribution in [0.5, 0.6) is 0 Å². The molecule has 0 rings (SSSR count). The Hall–Kier alpha value is -1.52. The highest BCUT2D eigenvalue weighted by Crippen LogP contribution is 2.25. The summed E-state index contributed by atoms with van der Waals surface area (Å²) in [5.74, 6) is 4.49. The van der Waals surface area contributed by atoms with E-state index in [-0.39, 0.29) is 11.3 Å². The van der Waals surface area contributed by atoms with Gasteiger partial charge in [-0.1, -0.05) is 20.8 Å². The molecule has 0 aliphatic carbocycles. The van der Waals surface area contributed by atoms with E-state index in [1.807, 2.05) is 20.8 Å². The fourth-order valence-corrected chi connectivity index (χ4v) is 0.889. The van der Waals surface area contributed by atoms with Crippen molar-refractivity contribution in [3.05, 3.63) is 11.8 Å². The quantitative estimate of drug-likeness (QED) is 0.214. The van der Waals surface area contributed by atoms with E-state index in [4.69, 9.17) is 16.3 Å². The molecule has 0 aliphatic heterocycles. The fourth-order valence-electron chi connectivity index (χ4n) is 0.889. The van der Waals surface area contributed by atoms with Crippen LogP contribution in [-0.2, 0) is 9.53 Å². The molecule has 0 aromatic carbocycles. The summed E-state index contributed by atoms with van der Waals surface area (Å²) in [6, 6.07) is 0. The van der Waals surface area contributed by atoms with Gasteiger partial charge in [-0.15, -0.1) is 5.10 Å². The zero-order chi connectivity index (χ0) is 11.4. The maximum atomic E-state index is 10.8. The summed E-state index contributed by atoms with van der Waals surface area (Å²) in [7, 11) is 0. The van der Waals surface area contributed by atoms with E-state index < -0.39 is 5.91 Å². The van der Waals surface area contributed by atoms with Crippen molar-refractivity contribution < 1.29 is 9.53 Å². The number of rotatable bonds is 1.